The minimum Gasteiger partial charge on any atom is -0.366 e. The Labute approximate surface area is 133 Å². The Morgan fingerprint density at radius 3 is 2.22 bits per heavy atom. The Hall–Kier alpha value is -2.27. The highest BCUT2D eigenvalue weighted by molar-refractivity contribution is 5.45. The molecule has 0 radical (unpaired) electrons. The zero-order chi connectivity index (χ0) is 16.2. The van der Waals surface area contributed by atoms with E-state index in [1.807, 2.05) is 18.2 Å². The Bertz CT molecular complexity index is 723. The van der Waals surface area contributed by atoms with E-state index in [2.05, 4.69) is 9.80 Å². The molecule has 2 aromatic rings. The van der Waals surface area contributed by atoms with Crippen molar-refractivity contribution < 1.29 is 8.78 Å². The van der Waals surface area contributed by atoms with E-state index in [9.17, 15) is 13.6 Å². The van der Waals surface area contributed by atoms with Crippen LogP contribution < -0.4 is 10.3 Å². The third-order valence-electron chi connectivity index (χ3n) is 4.02. The van der Waals surface area contributed by atoms with Crippen LogP contribution in [0, 0.1) is 11.6 Å². The lowest BCUT2D eigenvalue weighted by Crippen LogP contribution is -2.47. The van der Waals surface area contributed by atoms with Crippen molar-refractivity contribution in [1.82, 2.24) is 4.90 Å². The molecule has 0 unspecified atom stereocenters. The van der Waals surface area contributed by atoms with E-state index >= 15 is 0 Å². The van der Waals surface area contributed by atoms with Gasteiger partial charge >= 0.3 is 0 Å². The summed E-state index contributed by atoms with van der Waals surface area (Å²) in [4.78, 5) is 16.2. The van der Waals surface area contributed by atoms with Crippen LogP contribution in [0.2, 0.25) is 0 Å². The van der Waals surface area contributed by atoms with Gasteiger partial charge in [-0.1, -0.05) is 18.2 Å². The number of anilines is 1. The van der Waals surface area contributed by atoms with Gasteiger partial charge < -0.3 is 4.90 Å². The lowest BCUT2D eigenvalue weighted by atomic mass is 10.2. The SMILES string of the molecule is O=c1cccccc1N1CCN(Cc2cc(F)cc(F)c2)CC1. The molecule has 0 N–H and O–H groups in total. The van der Waals surface area contributed by atoms with Gasteiger partial charge in [-0.15, -0.1) is 0 Å². The van der Waals surface area contributed by atoms with Crippen molar-refractivity contribution in [3.8, 4) is 0 Å². The summed E-state index contributed by atoms with van der Waals surface area (Å²) in [7, 11) is 0. The van der Waals surface area contributed by atoms with E-state index in [4.69, 9.17) is 0 Å². The molecule has 0 aliphatic carbocycles. The summed E-state index contributed by atoms with van der Waals surface area (Å²) in [6.45, 7) is 3.44. The second-order valence-electron chi connectivity index (χ2n) is 5.70. The van der Waals surface area contributed by atoms with Crippen LogP contribution in [0.5, 0.6) is 0 Å². The zero-order valence-electron chi connectivity index (χ0n) is 12.7. The number of benzene rings is 1. The Kier molecular flexibility index (Phi) is 4.67. The summed E-state index contributed by atoms with van der Waals surface area (Å²) in [6, 6.07) is 12.4. The van der Waals surface area contributed by atoms with Gasteiger partial charge in [0, 0.05) is 38.8 Å². The maximum Gasteiger partial charge on any atom is 0.201 e. The van der Waals surface area contributed by atoms with Crippen LogP contribution in [0.3, 0.4) is 0 Å². The Morgan fingerprint density at radius 1 is 0.870 bits per heavy atom. The first-order chi connectivity index (χ1) is 11.1. The van der Waals surface area contributed by atoms with Crippen molar-refractivity contribution in [1.29, 1.82) is 0 Å². The molecule has 1 aliphatic heterocycles. The van der Waals surface area contributed by atoms with Crippen molar-refractivity contribution in [3.05, 3.63) is 76.0 Å². The molecular weight excluding hydrogens is 298 g/mol. The van der Waals surface area contributed by atoms with E-state index in [-0.39, 0.29) is 5.43 Å². The minimum absolute atomic E-state index is 0.00986. The molecule has 3 nitrogen and oxygen atoms in total. The topological polar surface area (TPSA) is 23.6 Å². The smallest absolute Gasteiger partial charge is 0.201 e. The quantitative estimate of drug-likeness (QED) is 0.870. The average molecular weight is 316 g/mol. The normalized spacial score (nSPS) is 15.7. The van der Waals surface area contributed by atoms with Crippen LogP contribution in [0.25, 0.3) is 0 Å². The van der Waals surface area contributed by atoms with E-state index in [0.717, 1.165) is 32.2 Å². The molecular formula is C18H18F2N2O. The lowest BCUT2D eigenvalue weighted by molar-refractivity contribution is 0.249. The summed E-state index contributed by atoms with van der Waals surface area (Å²) in [5, 5.41) is 0. The van der Waals surface area contributed by atoms with Crippen LogP contribution in [0.1, 0.15) is 5.56 Å². The summed E-state index contributed by atoms with van der Waals surface area (Å²) >= 11 is 0. The highest BCUT2D eigenvalue weighted by atomic mass is 19.1. The minimum atomic E-state index is -0.550. The van der Waals surface area contributed by atoms with Crippen LogP contribution in [0.4, 0.5) is 14.5 Å². The third-order valence-corrected chi connectivity index (χ3v) is 4.02. The molecule has 0 spiro atoms. The maximum atomic E-state index is 13.2. The second kappa shape index (κ2) is 6.87. The largest absolute Gasteiger partial charge is 0.366 e. The van der Waals surface area contributed by atoms with Gasteiger partial charge in [0.1, 0.15) is 11.6 Å². The first-order valence-electron chi connectivity index (χ1n) is 7.63. The van der Waals surface area contributed by atoms with Gasteiger partial charge in [-0.25, -0.2) is 8.78 Å². The molecule has 1 heterocycles. The molecule has 0 atom stereocenters. The van der Waals surface area contributed by atoms with Gasteiger partial charge in [-0.3, -0.25) is 9.69 Å². The number of halogens is 2. The fourth-order valence-electron chi connectivity index (χ4n) is 2.89. The van der Waals surface area contributed by atoms with E-state index < -0.39 is 11.6 Å². The van der Waals surface area contributed by atoms with Crippen LogP contribution in [0.15, 0.2) is 53.3 Å². The predicted molar refractivity (Wildman–Crippen MR) is 86.6 cm³/mol. The monoisotopic (exact) mass is 316 g/mol. The number of rotatable bonds is 3. The van der Waals surface area contributed by atoms with E-state index in [0.29, 0.717) is 17.8 Å². The first-order valence-corrected chi connectivity index (χ1v) is 7.63. The van der Waals surface area contributed by atoms with Crippen molar-refractivity contribution in [2.24, 2.45) is 0 Å². The average Bonchev–Trinajstić information content (AvgIpc) is 2.72. The number of piperazine rings is 1. The zero-order valence-corrected chi connectivity index (χ0v) is 12.7. The highest BCUT2D eigenvalue weighted by Gasteiger charge is 2.18. The standard InChI is InChI=1S/C18H18F2N2O/c19-15-10-14(11-16(20)12-15)13-21-6-8-22(9-7-21)17-4-2-1-3-5-18(17)23/h1-5,10-12H,6-9,13H2. The highest BCUT2D eigenvalue weighted by Crippen LogP contribution is 2.15. The van der Waals surface area contributed by atoms with Gasteiger partial charge in [0.05, 0.1) is 5.69 Å². The molecule has 2 aromatic carbocycles. The van der Waals surface area contributed by atoms with Crippen molar-refractivity contribution >= 4 is 5.69 Å². The second-order valence-corrected chi connectivity index (χ2v) is 5.70. The fourth-order valence-corrected chi connectivity index (χ4v) is 2.89. The number of hydrogen-bond donors (Lipinski definition) is 0. The number of nitrogens with zero attached hydrogens (tertiary/aromatic N) is 2. The predicted octanol–water partition coefficient (Wildman–Crippen LogP) is 2.65. The molecule has 1 fully saturated rings. The molecule has 3 rings (SSSR count). The van der Waals surface area contributed by atoms with Crippen molar-refractivity contribution in [3.63, 3.8) is 0 Å². The molecule has 23 heavy (non-hydrogen) atoms. The summed E-state index contributed by atoms with van der Waals surface area (Å²) in [5.41, 5.74) is 1.34. The fraction of sp³-hybridized carbons (Fsp3) is 0.278. The van der Waals surface area contributed by atoms with Crippen molar-refractivity contribution in [2.45, 2.75) is 6.54 Å². The molecule has 120 valence electrons. The van der Waals surface area contributed by atoms with Gasteiger partial charge in [-0.2, -0.15) is 0 Å². The Morgan fingerprint density at radius 2 is 1.52 bits per heavy atom. The summed E-state index contributed by atoms with van der Waals surface area (Å²) < 4.78 is 26.5. The van der Waals surface area contributed by atoms with E-state index in [1.165, 1.54) is 12.1 Å². The number of hydrogen-bond acceptors (Lipinski definition) is 3. The van der Waals surface area contributed by atoms with Gasteiger partial charge in [-0.05, 0) is 29.8 Å². The molecule has 1 saturated heterocycles. The summed E-state index contributed by atoms with van der Waals surface area (Å²) in [6.07, 6.45) is 0. The van der Waals surface area contributed by atoms with Crippen LogP contribution in [-0.4, -0.2) is 31.1 Å². The molecule has 0 saturated carbocycles. The van der Waals surface area contributed by atoms with Gasteiger partial charge in [0.15, 0.2) is 0 Å². The molecule has 0 bridgehead atoms. The summed E-state index contributed by atoms with van der Waals surface area (Å²) in [5.74, 6) is -1.10. The van der Waals surface area contributed by atoms with Gasteiger partial charge in [0.2, 0.25) is 5.43 Å². The van der Waals surface area contributed by atoms with Gasteiger partial charge in [0.25, 0.3) is 0 Å². The molecule has 1 aliphatic rings. The van der Waals surface area contributed by atoms with Crippen LogP contribution in [-0.2, 0) is 6.54 Å². The molecule has 5 heteroatoms. The maximum absolute atomic E-state index is 13.2. The molecule has 0 aromatic heterocycles. The van der Waals surface area contributed by atoms with Crippen molar-refractivity contribution in [2.75, 3.05) is 31.1 Å². The first kappa shape index (κ1) is 15.6. The van der Waals surface area contributed by atoms with Crippen LogP contribution >= 0.6 is 0 Å². The van der Waals surface area contributed by atoms with E-state index in [1.54, 1.807) is 12.1 Å². The lowest BCUT2D eigenvalue weighted by Gasteiger charge is -2.35. The third kappa shape index (κ3) is 3.93. The Balaban J connectivity index is 1.64. The molecule has 0 amide bonds.